The van der Waals surface area contributed by atoms with E-state index in [9.17, 15) is 14.7 Å². The van der Waals surface area contributed by atoms with Crippen molar-refractivity contribution in [1.82, 2.24) is 20.1 Å². The lowest BCUT2D eigenvalue weighted by molar-refractivity contribution is -0.158. The van der Waals surface area contributed by atoms with Crippen molar-refractivity contribution < 1.29 is 28.9 Å². The summed E-state index contributed by atoms with van der Waals surface area (Å²) in [6.45, 7) is 11.9. The summed E-state index contributed by atoms with van der Waals surface area (Å²) in [6.07, 6.45) is 12.5. The van der Waals surface area contributed by atoms with Crippen LogP contribution in [0.25, 0.3) is 0 Å². The Morgan fingerprint density at radius 3 is 2.62 bits per heavy atom. The van der Waals surface area contributed by atoms with Gasteiger partial charge in [-0.2, -0.15) is 5.10 Å². The van der Waals surface area contributed by atoms with Crippen LogP contribution in [0.3, 0.4) is 0 Å². The van der Waals surface area contributed by atoms with E-state index < -0.39 is 12.2 Å². The van der Waals surface area contributed by atoms with Gasteiger partial charge in [-0.15, -0.1) is 0 Å². The van der Waals surface area contributed by atoms with Crippen molar-refractivity contribution in [3.8, 4) is 0 Å². The van der Waals surface area contributed by atoms with Crippen molar-refractivity contribution in [3.05, 3.63) is 47.6 Å². The molecule has 42 heavy (non-hydrogen) atoms. The van der Waals surface area contributed by atoms with Gasteiger partial charge in [0, 0.05) is 11.5 Å². The number of aliphatic hydroxyl groups is 1. The first-order valence-electron chi connectivity index (χ1n) is 15.2. The van der Waals surface area contributed by atoms with Gasteiger partial charge in [0.1, 0.15) is 17.8 Å². The Bertz CT molecular complexity index is 1200. The molecule has 1 unspecified atom stereocenters. The highest BCUT2D eigenvalue weighted by Crippen LogP contribution is 2.56. The summed E-state index contributed by atoms with van der Waals surface area (Å²) in [5, 5.41) is 18.4. The average molecular weight is 585 g/mol. The highest BCUT2D eigenvalue weighted by Gasteiger charge is 2.56. The molecule has 10 heteroatoms. The second kappa shape index (κ2) is 13.7. The van der Waals surface area contributed by atoms with Crippen LogP contribution in [-0.4, -0.2) is 75.4 Å². The maximum Gasteiger partial charge on any atom is 0.308 e. The van der Waals surface area contributed by atoms with E-state index in [1.54, 1.807) is 10.8 Å². The Morgan fingerprint density at radius 2 is 1.98 bits per heavy atom. The van der Waals surface area contributed by atoms with Gasteiger partial charge in [-0.25, -0.2) is 9.67 Å². The van der Waals surface area contributed by atoms with E-state index in [1.165, 1.54) is 7.11 Å². The predicted octanol–water partition coefficient (Wildman–Crippen LogP) is 4.06. The highest BCUT2D eigenvalue weighted by molar-refractivity contribution is 5.87. The van der Waals surface area contributed by atoms with Crippen molar-refractivity contribution in [2.24, 2.45) is 11.3 Å². The van der Waals surface area contributed by atoms with Crippen LogP contribution in [0.4, 0.5) is 0 Å². The number of amides is 1. The van der Waals surface area contributed by atoms with E-state index in [2.05, 4.69) is 28.4 Å². The number of aryl methyl sites for hydroxylation is 2. The number of carbonyl (C=O) groups is 2. The summed E-state index contributed by atoms with van der Waals surface area (Å²) in [7, 11) is 1.38. The highest BCUT2D eigenvalue weighted by atomic mass is 16.5. The largest absolute Gasteiger partial charge is 0.469 e. The van der Waals surface area contributed by atoms with Crippen molar-refractivity contribution in [1.29, 1.82) is 0 Å². The van der Waals surface area contributed by atoms with Gasteiger partial charge >= 0.3 is 5.97 Å². The summed E-state index contributed by atoms with van der Waals surface area (Å²) >= 11 is 0. The fourth-order valence-corrected chi connectivity index (χ4v) is 6.26. The van der Waals surface area contributed by atoms with Crippen LogP contribution in [0.5, 0.6) is 0 Å². The first-order chi connectivity index (χ1) is 19.9. The van der Waals surface area contributed by atoms with Crippen molar-refractivity contribution in [2.75, 3.05) is 7.11 Å². The number of rotatable bonds is 10. The number of nitrogens with one attached hydrogen (secondary N) is 1. The first kappa shape index (κ1) is 32.1. The van der Waals surface area contributed by atoms with Crippen LogP contribution in [0.2, 0.25) is 0 Å². The minimum atomic E-state index is -0.570. The zero-order chi connectivity index (χ0) is 30.6. The Balaban J connectivity index is 1.26. The molecule has 2 N–H and O–H groups in total. The SMILES string of the molecule is COC(=O)C[C@@H]1CC2(CC2)[C@H](O)[C@@H](/C=C/C(C)=C/C[C@@H]2O[C@H](C)[C@H](NC(=O)/C=C\C(C)n3nc(C)nc3C)C[C@@H]2C)O1. The fourth-order valence-electron chi connectivity index (χ4n) is 6.26. The van der Waals surface area contributed by atoms with Gasteiger partial charge in [-0.3, -0.25) is 9.59 Å². The minimum Gasteiger partial charge on any atom is -0.469 e. The zero-order valence-electron chi connectivity index (χ0n) is 26.1. The molecule has 3 aliphatic rings. The Morgan fingerprint density at radius 1 is 1.24 bits per heavy atom. The van der Waals surface area contributed by atoms with Crippen molar-refractivity contribution in [2.45, 2.75) is 123 Å². The van der Waals surface area contributed by atoms with Gasteiger partial charge < -0.3 is 24.6 Å². The van der Waals surface area contributed by atoms with Crippen LogP contribution in [0.1, 0.15) is 83.9 Å². The molecule has 1 spiro atoms. The number of hydrogen-bond donors (Lipinski definition) is 2. The molecule has 10 nitrogen and oxygen atoms in total. The van der Waals surface area contributed by atoms with Gasteiger partial charge in [0.2, 0.25) is 5.91 Å². The molecule has 1 aromatic rings. The molecule has 1 amide bonds. The van der Waals surface area contributed by atoms with Crippen molar-refractivity contribution in [3.63, 3.8) is 0 Å². The predicted molar refractivity (Wildman–Crippen MR) is 158 cm³/mol. The zero-order valence-corrected chi connectivity index (χ0v) is 26.1. The summed E-state index contributed by atoms with van der Waals surface area (Å²) in [6, 6.07) is -0.143. The molecule has 0 radical (unpaired) electrons. The molecule has 2 aliphatic heterocycles. The Hall–Kier alpha value is -2.82. The number of ether oxygens (including phenoxy) is 3. The van der Waals surface area contributed by atoms with Crippen LogP contribution >= 0.6 is 0 Å². The van der Waals surface area contributed by atoms with Gasteiger partial charge in [0.25, 0.3) is 0 Å². The van der Waals surface area contributed by atoms with Gasteiger partial charge in [0.15, 0.2) is 0 Å². The van der Waals surface area contributed by atoms with Crippen LogP contribution < -0.4 is 5.32 Å². The van der Waals surface area contributed by atoms with E-state index in [4.69, 9.17) is 14.2 Å². The maximum atomic E-state index is 12.7. The minimum absolute atomic E-state index is 0.0429. The van der Waals surface area contributed by atoms with E-state index in [-0.39, 0.29) is 60.0 Å². The maximum absolute atomic E-state index is 12.7. The summed E-state index contributed by atoms with van der Waals surface area (Å²) in [5.74, 6) is 1.36. The number of carbonyl (C=O) groups excluding carboxylic acids is 2. The molecular weight excluding hydrogens is 536 g/mol. The topological polar surface area (TPSA) is 125 Å². The number of allylic oxidation sites excluding steroid dienone is 3. The second-order valence-electron chi connectivity index (χ2n) is 12.5. The second-order valence-corrected chi connectivity index (χ2v) is 12.5. The molecular formula is C32H48N4O6. The molecule has 1 aliphatic carbocycles. The molecule has 0 aromatic carbocycles. The number of aliphatic hydroxyl groups excluding tert-OH is 1. The van der Waals surface area contributed by atoms with Gasteiger partial charge in [0.05, 0.1) is 50.0 Å². The van der Waals surface area contributed by atoms with Crippen LogP contribution in [0, 0.1) is 25.2 Å². The molecule has 1 saturated carbocycles. The van der Waals surface area contributed by atoms with E-state index in [0.717, 1.165) is 37.1 Å². The number of methoxy groups -OCH3 is 1. The smallest absolute Gasteiger partial charge is 0.308 e. The molecule has 8 atom stereocenters. The Labute approximate surface area is 249 Å². The summed E-state index contributed by atoms with van der Waals surface area (Å²) in [5.41, 5.74) is 0.919. The van der Waals surface area contributed by atoms with Gasteiger partial charge in [-0.1, -0.05) is 36.8 Å². The third-order valence-corrected chi connectivity index (χ3v) is 9.02. The number of nitrogens with zero attached hydrogens (tertiary/aromatic N) is 3. The lowest BCUT2D eigenvalue weighted by Gasteiger charge is -2.39. The number of hydrogen-bond acceptors (Lipinski definition) is 8. The summed E-state index contributed by atoms with van der Waals surface area (Å²) < 4.78 is 19.1. The van der Waals surface area contributed by atoms with Crippen LogP contribution in [0.15, 0.2) is 36.0 Å². The molecule has 0 bridgehead atoms. The fraction of sp³-hybridized carbons (Fsp3) is 0.688. The third-order valence-electron chi connectivity index (χ3n) is 9.02. The van der Waals surface area contributed by atoms with Gasteiger partial charge in [-0.05, 0) is 72.6 Å². The molecule has 3 heterocycles. The molecule has 1 aromatic heterocycles. The number of aromatic nitrogens is 3. The standard InChI is InChI=1S/C32H48N4O6/c1-19(9-12-28-31(39)32(14-15-32)18-25(42-28)17-30(38)40-7)8-11-27-20(2)16-26(22(4)41-27)34-29(37)13-10-21(3)36-24(6)33-23(5)35-36/h8-10,12-13,20-22,25-28,31,39H,11,14-18H2,1-7H3,(H,34,37)/b12-9+,13-10-,19-8+/t20-,21?,22+,25+,26+,27-,28+,31+/m0/s1. The molecule has 232 valence electrons. The lowest BCUT2D eigenvalue weighted by atomic mass is 9.84. The first-order valence-corrected chi connectivity index (χ1v) is 15.2. The number of esters is 1. The molecule has 3 fully saturated rings. The lowest BCUT2D eigenvalue weighted by Crippen LogP contribution is -2.50. The monoisotopic (exact) mass is 584 g/mol. The van der Waals surface area contributed by atoms with E-state index >= 15 is 0 Å². The van der Waals surface area contributed by atoms with E-state index in [1.807, 2.05) is 52.8 Å². The summed E-state index contributed by atoms with van der Waals surface area (Å²) in [4.78, 5) is 28.8. The average Bonchev–Trinajstić information content (AvgIpc) is 3.63. The normalized spacial score (nSPS) is 31.9. The van der Waals surface area contributed by atoms with Crippen LogP contribution in [-0.2, 0) is 23.8 Å². The van der Waals surface area contributed by atoms with Crippen molar-refractivity contribution >= 4 is 11.9 Å². The molecule has 2 saturated heterocycles. The third kappa shape index (κ3) is 7.96. The Kier molecular flexibility index (Phi) is 10.4. The quantitative estimate of drug-likeness (QED) is 0.240. The molecule has 4 rings (SSSR count). The van der Waals surface area contributed by atoms with E-state index in [0.29, 0.717) is 12.2 Å².